The molecule has 0 fully saturated rings. The summed E-state index contributed by atoms with van der Waals surface area (Å²) >= 11 is 5.88. The first kappa shape index (κ1) is 23.8. The minimum Gasteiger partial charge on any atom is -0.493 e. The number of nitrogens with zero attached hydrogens (tertiary/aromatic N) is 1. The van der Waals surface area contributed by atoms with Crippen LogP contribution in [0.15, 0.2) is 54.6 Å². The topological polar surface area (TPSA) is 43.0 Å². The Kier molecular flexibility index (Phi) is 7.22. The Morgan fingerprint density at radius 1 is 1.03 bits per heavy atom. The molecule has 0 amide bonds. The van der Waals surface area contributed by atoms with Crippen LogP contribution >= 0.6 is 12.2 Å². The molecule has 1 aliphatic rings. The van der Waals surface area contributed by atoms with Crippen molar-refractivity contribution in [1.82, 2.24) is 4.90 Å². The van der Waals surface area contributed by atoms with Gasteiger partial charge in [-0.05, 0) is 97.2 Å². The van der Waals surface area contributed by atoms with Crippen molar-refractivity contribution < 1.29 is 18.6 Å². The Morgan fingerprint density at radius 2 is 1.74 bits per heavy atom. The van der Waals surface area contributed by atoms with Crippen molar-refractivity contribution in [2.75, 3.05) is 32.7 Å². The molecule has 0 aliphatic carbocycles. The molecular weight excluding hydrogens is 451 g/mol. The molecule has 3 aromatic rings. The Bertz CT molecular complexity index is 1180. The lowest BCUT2D eigenvalue weighted by Gasteiger charge is -2.39. The maximum atomic E-state index is 13.4. The van der Waals surface area contributed by atoms with Crippen LogP contribution in [0.3, 0.4) is 0 Å². The quantitative estimate of drug-likeness (QED) is 0.448. The van der Waals surface area contributed by atoms with Crippen LogP contribution in [0.25, 0.3) is 0 Å². The highest BCUT2D eigenvalue weighted by molar-refractivity contribution is 7.80. The summed E-state index contributed by atoms with van der Waals surface area (Å²) in [7, 11) is 3.26. The van der Waals surface area contributed by atoms with Crippen molar-refractivity contribution in [3.05, 3.63) is 82.7 Å². The Labute approximate surface area is 205 Å². The van der Waals surface area contributed by atoms with Gasteiger partial charge in [0.1, 0.15) is 18.2 Å². The molecule has 0 saturated heterocycles. The van der Waals surface area contributed by atoms with Crippen molar-refractivity contribution in [3.63, 3.8) is 0 Å². The van der Waals surface area contributed by atoms with Crippen molar-refractivity contribution >= 4 is 23.0 Å². The fraction of sp³-hybridized carbons (Fsp3) is 0.296. The van der Waals surface area contributed by atoms with Crippen molar-refractivity contribution in [2.45, 2.75) is 26.3 Å². The molecule has 3 aromatic carbocycles. The number of hydrogen-bond acceptors (Lipinski definition) is 4. The van der Waals surface area contributed by atoms with E-state index in [1.807, 2.05) is 12.1 Å². The van der Waals surface area contributed by atoms with E-state index >= 15 is 0 Å². The van der Waals surface area contributed by atoms with Gasteiger partial charge in [-0.3, -0.25) is 0 Å². The number of rotatable bonds is 6. The molecule has 34 heavy (non-hydrogen) atoms. The highest BCUT2D eigenvalue weighted by Gasteiger charge is 2.31. The lowest BCUT2D eigenvalue weighted by Crippen LogP contribution is -2.44. The third kappa shape index (κ3) is 5.09. The van der Waals surface area contributed by atoms with Gasteiger partial charge in [-0.25, -0.2) is 4.39 Å². The third-order valence-corrected chi connectivity index (χ3v) is 6.46. The number of nitrogens with one attached hydrogen (secondary N) is 1. The first-order valence-electron chi connectivity index (χ1n) is 11.2. The summed E-state index contributed by atoms with van der Waals surface area (Å²) in [5, 5.41) is 4.06. The summed E-state index contributed by atoms with van der Waals surface area (Å²) in [6.45, 7) is 5.17. The zero-order chi connectivity index (χ0) is 24.2. The standard InChI is InChI=1S/C27H29FN2O3S/c1-17-5-6-18(2)23(13-17)29-27(34)30-12-11-19-14-25(31-3)26(32-4)15-22(19)24(30)16-33-21-9-7-20(28)8-10-21/h5-10,13-15,24H,11-12,16H2,1-4H3,(H,29,34)/t24-/m1/s1. The average Bonchev–Trinajstić information content (AvgIpc) is 2.84. The van der Waals surface area contributed by atoms with E-state index in [-0.39, 0.29) is 11.9 Å². The summed E-state index contributed by atoms with van der Waals surface area (Å²) in [6, 6.07) is 16.2. The van der Waals surface area contributed by atoms with E-state index in [0.717, 1.165) is 40.9 Å². The average molecular weight is 481 g/mol. The van der Waals surface area contributed by atoms with Gasteiger partial charge in [0.25, 0.3) is 0 Å². The van der Waals surface area contributed by atoms with Crippen LogP contribution in [-0.2, 0) is 6.42 Å². The number of benzene rings is 3. The Morgan fingerprint density at radius 3 is 2.44 bits per heavy atom. The monoisotopic (exact) mass is 480 g/mol. The van der Waals surface area contributed by atoms with E-state index in [1.54, 1.807) is 26.4 Å². The maximum absolute atomic E-state index is 13.4. The SMILES string of the molecule is COc1cc2c(cc1OC)[C@@H](COc1ccc(F)cc1)N(C(=S)Nc1cc(C)ccc1C)CC2. The summed E-state index contributed by atoms with van der Waals surface area (Å²) in [4.78, 5) is 2.15. The molecule has 0 saturated carbocycles. The molecule has 1 atom stereocenters. The molecule has 0 bridgehead atoms. The highest BCUT2D eigenvalue weighted by Crippen LogP contribution is 2.39. The summed E-state index contributed by atoms with van der Waals surface area (Å²) in [6.07, 6.45) is 0.803. The van der Waals surface area contributed by atoms with E-state index in [4.69, 9.17) is 26.4 Å². The second kappa shape index (κ2) is 10.3. The van der Waals surface area contributed by atoms with Crippen LogP contribution in [0.5, 0.6) is 17.2 Å². The lowest BCUT2D eigenvalue weighted by atomic mass is 9.92. The van der Waals surface area contributed by atoms with Gasteiger partial charge in [0.2, 0.25) is 0 Å². The van der Waals surface area contributed by atoms with Gasteiger partial charge in [-0.15, -0.1) is 0 Å². The van der Waals surface area contributed by atoms with Crippen LogP contribution in [-0.4, -0.2) is 37.4 Å². The molecule has 1 N–H and O–H groups in total. The maximum Gasteiger partial charge on any atom is 0.174 e. The second-order valence-electron chi connectivity index (χ2n) is 8.38. The number of fused-ring (bicyclic) bond motifs is 1. The molecule has 178 valence electrons. The number of aryl methyl sites for hydroxylation is 2. The van der Waals surface area contributed by atoms with Crippen LogP contribution in [0.1, 0.15) is 28.3 Å². The Balaban J connectivity index is 1.66. The fourth-order valence-corrected chi connectivity index (χ4v) is 4.54. The number of ether oxygens (including phenoxy) is 3. The minimum atomic E-state index is -0.298. The van der Waals surface area contributed by atoms with Gasteiger partial charge in [-0.2, -0.15) is 0 Å². The number of thiocarbonyl (C=S) groups is 1. The molecule has 0 radical (unpaired) electrons. The Hall–Kier alpha value is -3.32. The van der Waals surface area contributed by atoms with E-state index in [2.05, 4.69) is 42.3 Å². The molecule has 5 nitrogen and oxygen atoms in total. The zero-order valence-corrected chi connectivity index (χ0v) is 20.7. The fourth-order valence-electron chi connectivity index (χ4n) is 4.21. The van der Waals surface area contributed by atoms with Gasteiger partial charge in [0.05, 0.1) is 20.3 Å². The van der Waals surface area contributed by atoms with E-state index in [9.17, 15) is 4.39 Å². The van der Waals surface area contributed by atoms with E-state index in [0.29, 0.717) is 29.0 Å². The van der Waals surface area contributed by atoms with Crippen LogP contribution in [0, 0.1) is 19.7 Å². The predicted molar refractivity (Wildman–Crippen MR) is 137 cm³/mol. The second-order valence-corrected chi connectivity index (χ2v) is 8.77. The van der Waals surface area contributed by atoms with Gasteiger partial charge in [0.15, 0.2) is 16.6 Å². The van der Waals surface area contributed by atoms with Gasteiger partial charge in [-0.1, -0.05) is 12.1 Å². The molecule has 4 rings (SSSR count). The molecule has 0 unspecified atom stereocenters. The highest BCUT2D eigenvalue weighted by atomic mass is 32.1. The molecule has 0 spiro atoms. The largest absolute Gasteiger partial charge is 0.493 e. The van der Waals surface area contributed by atoms with Crippen molar-refractivity contribution in [3.8, 4) is 17.2 Å². The summed E-state index contributed by atoms with van der Waals surface area (Å²) in [5.41, 5.74) is 5.50. The number of methoxy groups -OCH3 is 2. The van der Waals surface area contributed by atoms with E-state index in [1.165, 1.54) is 12.1 Å². The first-order valence-corrected chi connectivity index (χ1v) is 11.6. The van der Waals surface area contributed by atoms with Crippen LogP contribution in [0.4, 0.5) is 10.1 Å². The summed E-state index contributed by atoms with van der Waals surface area (Å²) in [5.74, 6) is 1.65. The molecular formula is C27H29FN2O3S. The molecule has 1 heterocycles. The number of halogens is 1. The molecule has 1 aliphatic heterocycles. The minimum absolute atomic E-state index is 0.168. The zero-order valence-electron chi connectivity index (χ0n) is 19.9. The van der Waals surface area contributed by atoms with Gasteiger partial charge in [0, 0.05) is 12.2 Å². The van der Waals surface area contributed by atoms with Crippen LogP contribution in [0.2, 0.25) is 0 Å². The molecule has 7 heteroatoms. The number of hydrogen-bond donors (Lipinski definition) is 1. The lowest BCUT2D eigenvalue weighted by molar-refractivity contribution is 0.190. The van der Waals surface area contributed by atoms with Gasteiger partial charge >= 0.3 is 0 Å². The van der Waals surface area contributed by atoms with Crippen LogP contribution < -0.4 is 19.5 Å². The van der Waals surface area contributed by atoms with E-state index < -0.39 is 0 Å². The first-order chi connectivity index (χ1) is 16.4. The summed E-state index contributed by atoms with van der Waals surface area (Å²) < 4.78 is 30.5. The normalized spacial score (nSPS) is 14.9. The predicted octanol–water partition coefficient (Wildman–Crippen LogP) is 5.83. The third-order valence-electron chi connectivity index (χ3n) is 6.12. The smallest absolute Gasteiger partial charge is 0.174 e. The van der Waals surface area contributed by atoms with Gasteiger partial charge < -0.3 is 24.4 Å². The van der Waals surface area contributed by atoms with Crippen molar-refractivity contribution in [2.24, 2.45) is 0 Å². The number of anilines is 1. The van der Waals surface area contributed by atoms with Crippen molar-refractivity contribution in [1.29, 1.82) is 0 Å². The molecule has 0 aromatic heterocycles.